The molecule has 134 valence electrons. The first-order chi connectivity index (χ1) is 12.1. The van der Waals surface area contributed by atoms with Gasteiger partial charge in [0.1, 0.15) is 5.75 Å². The largest absolute Gasteiger partial charge is 0.484 e. The maximum absolute atomic E-state index is 11.6. The number of imide groups is 1. The smallest absolute Gasteiger partial charge is 0.321 e. The molecule has 2 N–H and O–H groups in total. The Balaban J connectivity index is 1.73. The number of ether oxygens (including phenoxy) is 1. The van der Waals surface area contributed by atoms with Crippen molar-refractivity contribution in [2.24, 2.45) is 0 Å². The first-order valence-electron chi connectivity index (χ1n) is 7.79. The van der Waals surface area contributed by atoms with Crippen LogP contribution in [-0.2, 0) is 11.4 Å². The second-order valence-electron chi connectivity index (χ2n) is 5.16. The summed E-state index contributed by atoms with van der Waals surface area (Å²) in [5, 5.41) is 12.7. The van der Waals surface area contributed by atoms with E-state index in [1.807, 2.05) is 38.1 Å². The first-order valence-corrected chi connectivity index (χ1v) is 8.77. The van der Waals surface area contributed by atoms with Crippen molar-refractivity contribution < 1.29 is 18.7 Å². The van der Waals surface area contributed by atoms with Gasteiger partial charge in [-0.1, -0.05) is 30.8 Å². The predicted octanol–water partition coefficient (Wildman–Crippen LogP) is 2.28. The second kappa shape index (κ2) is 9.67. The van der Waals surface area contributed by atoms with Crippen molar-refractivity contribution >= 4 is 23.7 Å². The highest BCUT2D eigenvalue weighted by molar-refractivity contribution is 7.99. The molecule has 0 radical (unpaired) electrons. The zero-order valence-electron chi connectivity index (χ0n) is 14.1. The first kappa shape index (κ1) is 18.8. The van der Waals surface area contributed by atoms with E-state index in [4.69, 9.17) is 9.15 Å². The van der Waals surface area contributed by atoms with Gasteiger partial charge in [0.05, 0.1) is 5.75 Å². The van der Waals surface area contributed by atoms with E-state index < -0.39 is 11.9 Å². The lowest BCUT2D eigenvalue weighted by atomic mass is 10.2. The fourth-order valence-corrected chi connectivity index (χ4v) is 2.36. The molecule has 0 unspecified atom stereocenters. The number of thioether (sulfide) groups is 1. The highest BCUT2D eigenvalue weighted by Crippen LogP contribution is 2.18. The molecule has 9 heteroatoms. The minimum Gasteiger partial charge on any atom is -0.484 e. The molecule has 25 heavy (non-hydrogen) atoms. The summed E-state index contributed by atoms with van der Waals surface area (Å²) in [5.74, 6) is 0.587. The van der Waals surface area contributed by atoms with E-state index in [0.29, 0.717) is 18.2 Å². The van der Waals surface area contributed by atoms with Crippen molar-refractivity contribution in [3.05, 3.63) is 35.7 Å². The third-order valence-corrected chi connectivity index (χ3v) is 3.73. The Kier molecular flexibility index (Phi) is 7.27. The molecule has 0 bridgehead atoms. The summed E-state index contributed by atoms with van der Waals surface area (Å²) in [5.41, 5.74) is 1.09. The van der Waals surface area contributed by atoms with Crippen LogP contribution in [0.15, 0.2) is 33.9 Å². The lowest BCUT2D eigenvalue weighted by molar-refractivity contribution is -0.117. The highest BCUT2D eigenvalue weighted by atomic mass is 32.2. The van der Waals surface area contributed by atoms with Crippen LogP contribution in [0.1, 0.15) is 24.8 Å². The number of rotatable bonds is 8. The SMILES string of the molecule is CCCNC(=O)NC(=O)CSc1nnc(COc2cccc(C)c2)o1. The Hall–Kier alpha value is -2.55. The Morgan fingerprint density at radius 3 is 2.92 bits per heavy atom. The average molecular weight is 364 g/mol. The van der Waals surface area contributed by atoms with Crippen LogP contribution >= 0.6 is 11.8 Å². The van der Waals surface area contributed by atoms with Crippen LogP contribution in [0, 0.1) is 6.92 Å². The summed E-state index contributed by atoms with van der Waals surface area (Å²) in [6.07, 6.45) is 0.797. The van der Waals surface area contributed by atoms with E-state index in [0.717, 1.165) is 23.7 Å². The van der Waals surface area contributed by atoms with Crippen LogP contribution in [0.2, 0.25) is 0 Å². The molecule has 0 atom stereocenters. The van der Waals surface area contributed by atoms with Gasteiger partial charge in [0.2, 0.25) is 5.91 Å². The van der Waals surface area contributed by atoms with E-state index in [1.54, 1.807) is 0 Å². The van der Waals surface area contributed by atoms with E-state index >= 15 is 0 Å². The van der Waals surface area contributed by atoms with Crippen molar-refractivity contribution in [2.75, 3.05) is 12.3 Å². The zero-order valence-corrected chi connectivity index (χ0v) is 14.9. The number of amides is 3. The molecule has 8 nitrogen and oxygen atoms in total. The number of nitrogens with one attached hydrogen (secondary N) is 2. The molecule has 2 rings (SSSR count). The third kappa shape index (κ3) is 6.84. The fraction of sp³-hybridized carbons (Fsp3) is 0.375. The second-order valence-corrected chi connectivity index (χ2v) is 6.09. The molecule has 2 aromatic rings. The topological polar surface area (TPSA) is 106 Å². The molecule has 0 saturated heterocycles. The van der Waals surface area contributed by atoms with E-state index in [1.165, 1.54) is 0 Å². The number of carbonyl (C=O) groups excluding carboxylic acids is 2. The Morgan fingerprint density at radius 1 is 1.32 bits per heavy atom. The van der Waals surface area contributed by atoms with E-state index in [2.05, 4.69) is 20.8 Å². The highest BCUT2D eigenvalue weighted by Gasteiger charge is 2.12. The van der Waals surface area contributed by atoms with Gasteiger partial charge in [-0.2, -0.15) is 0 Å². The maximum Gasteiger partial charge on any atom is 0.321 e. The fourth-order valence-electron chi connectivity index (χ4n) is 1.78. The standard InChI is InChI=1S/C16H20N4O4S/c1-3-7-17-15(22)18-13(21)10-25-16-20-19-14(24-16)9-23-12-6-4-5-11(2)8-12/h4-6,8H,3,7,9-10H2,1-2H3,(H2,17,18,21,22). The maximum atomic E-state index is 11.6. The summed E-state index contributed by atoms with van der Waals surface area (Å²) in [6, 6.07) is 7.11. The summed E-state index contributed by atoms with van der Waals surface area (Å²) < 4.78 is 11.0. The average Bonchev–Trinajstić information content (AvgIpc) is 3.04. The quantitative estimate of drug-likeness (QED) is 0.692. The molecule has 0 aliphatic heterocycles. The van der Waals surface area contributed by atoms with Crippen LogP contribution in [0.3, 0.4) is 0 Å². The van der Waals surface area contributed by atoms with Crippen LogP contribution in [0.4, 0.5) is 4.79 Å². The van der Waals surface area contributed by atoms with Crippen molar-refractivity contribution in [3.8, 4) is 5.75 Å². The number of aryl methyl sites for hydroxylation is 1. The monoisotopic (exact) mass is 364 g/mol. The van der Waals surface area contributed by atoms with E-state index in [-0.39, 0.29) is 17.6 Å². The molecule has 3 amide bonds. The summed E-state index contributed by atoms with van der Waals surface area (Å²) >= 11 is 1.05. The molecule has 0 spiro atoms. The van der Waals surface area contributed by atoms with Crippen molar-refractivity contribution in [1.29, 1.82) is 0 Å². The van der Waals surface area contributed by atoms with Gasteiger partial charge in [-0.15, -0.1) is 10.2 Å². The number of urea groups is 1. The van der Waals surface area contributed by atoms with Gasteiger partial charge < -0.3 is 14.5 Å². The number of aromatic nitrogens is 2. The summed E-state index contributed by atoms with van der Waals surface area (Å²) in [7, 11) is 0. The lowest BCUT2D eigenvalue weighted by Crippen LogP contribution is -2.40. The normalized spacial score (nSPS) is 10.3. The van der Waals surface area contributed by atoms with Gasteiger partial charge >= 0.3 is 6.03 Å². The van der Waals surface area contributed by atoms with Crippen molar-refractivity contribution in [2.45, 2.75) is 32.1 Å². The number of carbonyl (C=O) groups is 2. The molecular weight excluding hydrogens is 344 g/mol. The Morgan fingerprint density at radius 2 is 2.16 bits per heavy atom. The predicted molar refractivity (Wildman–Crippen MR) is 92.4 cm³/mol. The van der Waals surface area contributed by atoms with Crippen LogP contribution in [-0.4, -0.2) is 34.4 Å². The van der Waals surface area contributed by atoms with Gasteiger partial charge in [-0.05, 0) is 31.0 Å². The summed E-state index contributed by atoms with van der Waals surface area (Å²) in [6.45, 7) is 4.55. The lowest BCUT2D eigenvalue weighted by Gasteiger charge is -2.04. The van der Waals surface area contributed by atoms with Gasteiger partial charge in [0.25, 0.3) is 11.1 Å². The Bertz CT molecular complexity index is 720. The van der Waals surface area contributed by atoms with Gasteiger partial charge in [0.15, 0.2) is 6.61 Å². The molecular formula is C16H20N4O4S. The van der Waals surface area contributed by atoms with Gasteiger partial charge in [-0.3, -0.25) is 10.1 Å². The van der Waals surface area contributed by atoms with Gasteiger partial charge in [-0.25, -0.2) is 4.79 Å². The van der Waals surface area contributed by atoms with Gasteiger partial charge in [0, 0.05) is 6.54 Å². The zero-order chi connectivity index (χ0) is 18.1. The number of nitrogens with zero attached hydrogens (tertiary/aromatic N) is 2. The number of benzene rings is 1. The van der Waals surface area contributed by atoms with Crippen LogP contribution < -0.4 is 15.4 Å². The Labute approximate surface area is 149 Å². The molecule has 1 aromatic carbocycles. The molecule has 0 aliphatic carbocycles. The summed E-state index contributed by atoms with van der Waals surface area (Å²) in [4.78, 5) is 23.0. The minimum atomic E-state index is -0.509. The third-order valence-electron chi connectivity index (χ3n) is 2.92. The molecule has 0 aliphatic rings. The van der Waals surface area contributed by atoms with Crippen LogP contribution in [0.25, 0.3) is 0 Å². The number of hydrogen-bond acceptors (Lipinski definition) is 7. The minimum absolute atomic E-state index is 0.0000839. The van der Waals surface area contributed by atoms with Crippen molar-refractivity contribution in [1.82, 2.24) is 20.8 Å². The van der Waals surface area contributed by atoms with E-state index in [9.17, 15) is 9.59 Å². The van der Waals surface area contributed by atoms with Crippen LogP contribution in [0.5, 0.6) is 5.75 Å². The molecule has 0 saturated carbocycles. The van der Waals surface area contributed by atoms with Crippen molar-refractivity contribution in [3.63, 3.8) is 0 Å². The molecule has 1 aromatic heterocycles. The molecule has 0 fully saturated rings. The number of hydrogen-bond donors (Lipinski definition) is 2. The molecule has 1 heterocycles.